The molecule has 1 aliphatic heterocycles. The first-order valence-electron chi connectivity index (χ1n) is 10.6. The number of hydrogen-bond donors (Lipinski definition) is 2. The Morgan fingerprint density at radius 1 is 1.39 bits per heavy atom. The maximum Gasteiger partial charge on any atom is 0.323 e. The van der Waals surface area contributed by atoms with Crippen LogP contribution in [0.15, 0.2) is 23.7 Å². The summed E-state index contributed by atoms with van der Waals surface area (Å²) < 4.78 is 4.26. The number of nitrogens with zero attached hydrogens (tertiary/aromatic N) is 6. The smallest absolute Gasteiger partial charge is 0.323 e. The van der Waals surface area contributed by atoms with Crippen LogP contribution in [0.3, 0.4) is 0 Å². The molecule has 2 fully saturated rings. The molecular formula is C20H26N8OS2. The lowest BCUT2D eigenvalue weighted by molar-refractivity contribution is 0.000958. The van der Waals surface area contributed by atoms with Gasteiger partial charge in [-0.25, -0.2) is 14.8 Å². The van der Waals surface area contributed by atoms with Gasteiger partial charge in [-0.3, -0.25) is 5.32 Å². The van der Waals surface area contributed by atoms with Crippen molar-refractivity contribution in [1.29, 1.82) is 0 Å². The zero-order valence-corrected chi connectivity index (χ0v) is 19.3. The van der Waals surface area contributed by atoms with E-state index in [1.54, 1.807) is 18.1 Å². The van der Waals surface area contributed by atoms with Crippen LogP contribution in [0.25, 0.3) is 11.0 Å². The topological polar surface area (TPSA) is 103 Å². The van der Waals surface area contributed by atoms with Crippen molar-refractivity contribution in [3.8, 4) is 0 Å². The number of aromatic amines is 1. The number of nitrogens with one attached hydrogen (secondary N) is 2. The molecule has 0 bridgehead atoms. The average Bonchev–Trinajstić information content (AvgIpc) is 3.41. The Morgan fingerprint density at radius 2 is 2.19 bits per heavy atom. The Kier molecular flexibility index (Phi) is 5.47. The van der Waals surface area contributed by atoms with Gasteiger partial charge in [0.15, 0.2) is 0 Å². The van der Waals surface area contributed by atoms with Crippen molar-refractivity contribution in [2.75, 3.05) is 36.1 Å². The van der Waals surface area contributed by atoms with E-state index >= 15 is 0 Å². The number of rotatable bonds is 5. The number of thioether (sulfide) groups is 1. The fourth-order valence-electron chi connectivity index (χ4n) is 4.76. The van der Waals surface area contributed by atoms with Gasteiger partial charge in [0.2, 0.25) is 10.3 Å². The summed E-state index contributed by atoms with van der Waals surface area (Å²) in [5.74, 6) is 1.90. The number of likely N-dealkylation sites (tertiary alicyclic amines) is 1. The molecule has 1 spiro atoms. The lowest BCUT2D eigenvalue weighted by atomic mass is 9.67. The molecule has 1 aliphatic carbocycles. The van der Waals surface area contributed by atoms with Crippen molar-refractivity contribution in [2.24, 2.45) is 5.41 Å². The fourth-order valence-corrected chi connectivity index (χ4v) is 6.02. The molecule has 31 heavy (non-hydrogen) atoms. The zero-order chi connectivity index (χ0) is 21.4. The molecule has 2 aliphatic rings. The van der Waals surface area contributed by atoms with Gasteiger partial charge in [0.25, 0.3) is 0 Å². The van der Waals surface area contributed by atoms with Crippen molar-refractivity contribution >= 4 is 51.3 Å². The van der Waals surface area contributed by atoms with Gasteiger partial charge in [0.05, 0.1) is 5.39 Å². The van der Waals surface area contributed by atoms with Crippen LogP contribution in [-0.4, -0.2) is 67.2 Å². The van der Waals surface area contributed by atoms with Gasteiger partial charge in [0, 0.05) is 49.3 Å². The molecule has 3 aromatic rings. The Hall–Kier alpha value is -2.40. The summed E-state index contributed by atoms with van der Waals surface area (Å²) in [5, 5.41) is 5.27. The van der Waals surface area contributed by atoms with E-state index in [2.05, 4.69) is 48.5 Å². The van der Waals surface area contributed by atoms with E-state index < -0.39 is 0 Å². The molecule has 0 atom stereocenters. The number of carbonyl (C=O) groups is 1. The molecule has 11 heteroatoms. The molecule has 2 N–H and O–H groups in total. The maximum absolute atomic E-state index is 12.6. The van der Waals surface area contributed by atoms with Crippen molar-refractivity contribution in [2.45, 2.75) is 43.8 Å². The standard InChI is InChI=1S/C20H26N8OS2/c1-3-30-18-24-17(31-26-18)25-19(29)28-10-20(11-28)7-4-13(5-8-20)27(2)16-14-6-9-21-15(14)22-12-23-16/h6,9,12-13H,3-5,7-8,10-11H2,1-2H3,(H,21,22,23)(H,24,25,26,29). The van der Waals surface area contributed by atoms with Crippen LogP contribution in [0.2, 0.25) is 0 Å². The number of carbonyl (C=O) groups excluding carboxylic acids is 1. The van der Waals surface area contributed by atoms with Crippen molar-refractivity contribution in [3.63, 3.8) is 0 Å². The van der Waals surface area contributed by atoms with Gasteiger partial charge in [0.1, 0.15) is 17.8 Å². The second kappa shape index (κ2) is 8.27. The quantitative estimate of drug-likeness (QED) is 0.560. The van der Waals surface area contributed by atoms with E-state index in [9.17, 15) is 4.79 Å². The van der Waals surface area contributed by atoms with Crippen molar-refractivity contribution < 1.29 is 4.79 Å². The largest absolute Gasteiger partial charge is 0.356 e. The van der Waals surface area contributed by atoms with Crippen LogP contribution in [0.1, 0.15) is 32.6 Å². The van der Waals surface area contributed by atoms with Crippen LogP contribution in [-0.2, 0) is 0 Å². The van der Waals surface area contributed by atoms with Gasteiger partial charge >= 0.3 is 6.03 Å². The van der Waals surface area contributed by atoms with E-state index in [1.807, 2.05) is 17.2 Å². The maximum atomic E-state index is 12.6. The summed E-state index contributed by atoms with van der Waals surface area (Å²) >= 11 is 2.82. The summed E-state index contributed by atoms with van der Waals surface area (Å²) in [6, 6.07) is 2.43. The predicted molar refractivity (Wildman–Crippen MR) is 124 cm³/mol. The highest BCUT2D eigenvalue weighted by molar-refractivity contribution is 7.99. The third kappa shape index (κ3) is 3.96. The number of amides is 2. The first-order valence-corrected chi connectivity index (χ1v) is 12.4. The first kappa shape index (κ1) is 20.5. The lowest BCUT2D eigenvalue weighted by Crippen LogP contribution is -2.61. The highest BCUT2D eigenvalue weighted by Gasteiger charge is 2.47. The molecule has 2 amide bonds. The van der Waals surface area contributed by atoms with E-state index in [1.165, 1.54) is 11.5 Å². The number of urea groups is 1. The monoisotopic (exact) mass is 458 g/mol. The van der Waals surface area contributed by atoms with Crippen LogP contribution >= 0.6 is 23.3 Å². The minimum atomic E-state index is -0.0649. The lowest BCUT2D eigenvalue weighted by Gasteiger charge is -2.54. The normalized spacial score (nSPS) is 18.3. The Balaban J connectivity index is 1.14. The molecule has 0 unspecified atom stereocenters. The van der Waals surface area contributed by atoms with E-state index in [4.69, 9.17) is 0 Å². The minimum absolute atomic E-state index is 0.0649. The summed E-state index contributed by atoms with van der Waals surface area (Å²) in [5.41, 5.74) is 1.13. The van der Waals surface area contributed by atoms with Gasteiger partial charge in [-0.2, -0.15) is 9.36 Å². The summed E-state index contributed by atoms with van der Waals surface area (Å²) in [7, 11) is 2.13. The molecular weight excluding hydrogens is 432 g/mol. The highest BCUT2D eigenvalue weighted by atomic mass is 32.2. The predicted octanol–water partition coefficient (Wildman–Crippen LogP) is 3.83. The van der Waals surface area contributed by atoms with Crippen molar-refractivity contribution in [3.05, 3.63) is 18.6 Å². The second-order valence-corrected chi connectivity index (χ2v) is 10.4. The van der Waals surface area contributed by atoms with E-state index in [-0.39, 0.29) is 11.4 Å². The van der Waals surface area contributed by atoms with Gasteiger partial charge < -0.3 is 14.8 Å². The van der Waals surface area contributed by atoms with Crippen LogP contribution in [0, 0.1) is 5.41 Å². The SMILES string of the molecule is CCSc1nsc(NC(=O)N2CC3(CCC(N(C)c4ncnc5[nH]ccc45)CC3)C2)n1. The zero-order valence-electron chi connectivity index (χ0n) is 17.7. The molecule has 0 radical (unpaired) electrons. The Morgan fingerprint density at radius 3 is 2.97 bits per heavy atom. The molecule has 164 valence electrons. The molecule has 9 nitrogen and oxygen atoms in total. The fraction of sp³-hybridized carbons (Fsp3) is 0.550. The van der Waals surface area contributed by atoms with E-state index in [0.29, 0.717) is 11.2 Å². The molecule has 3 aromatic heterocycles. The van der Waals surface area contributed by atoms with E-state index in [0.717, 1.165) is 66.5 Å². The van der Waals surface area contributed by atoms with Crippen LogP contribution in [0.5, 0.6) is 0 Å². The second-order valence-electron chi connectivity index (χ2n) is 8.38. The summed E-state index contributed by atoms with van der Waals surface area (Å²) in [4.78, 5) is 33.1. The minimum Gasteiger partial charge on any atom is -0.356 e. The summed E-state index contributed by atoms with van der Waals surface area (Å²) in [6.45, 7) is 3.70. The number of aromatic nitrogens is 5. The summed E-state index contributed by atoms with van der Waals surface area (Å²) in [6.07, 6.45) is 8.00. The van der Waals surface area contributed by atoms with Gasteiger partial charge in [-0.1, -0.05) is 18.7 Å². The number of hydrogen-bond acceptors (Lipinski definition) is 8. The highest BCUT2D eigenvalue weighted by Crippen LogP contribution is 2.45. The number of H-pyrrole nitrogens is 1. The third-order valence-corrected chi connectivity index (χ3v) is 7.94. The Bertz CT molecular complexity index is 1070. The molecule has 4 heterocycles. The van der Waals surface area contributed by atoms with Crippen LogP contribution in [0.4, 0.5) is 15.7 Å². The first-order chi connectivity index (χ1) is 15.1. The van der Waals surface area contributed by atoms with Gasteiger partial charge in [-0.15, -0.1) is 0 Å². The number of fused-ring (bicyclic) bond motifs is 1. The average molecular weight is 459 g/mol. The molecule has 5 rings (SSSR count). The third-order valence-electron chi connectivity index (χ3n) is 6.46. The van der Waals surface area contributed by atoms with Crippen LogP contribution < -0.4 is 10.2 Å². The number of anilines is 2. The van der Waals surface area contributed by atoms with Gasteiger partial charge in [-0.05, 0) is 37.5 Å². The molecule has 0 aromatic carbocycles. The molecule has 1 saturated carbocycles. The van der Waals surface area contributed by atoms with Crippen molar-refractivity contribution in [1.82, 2.24) is 29.2 Å². The Labute approximate surface area is 189 Å². The molecule has 1 saturated heterocycles.